The predicted octanol–water partition coefficient (Wildman–Crippen LogP) is 2.75. The van der Waals surface area contributed by atoms with E-state index < -0.39 is 34.9 Å². The van der Waals surface area contributed by atoms with Crippen molar-refractivity contribution in [2.24, 2.45) is 0 Å². The minimum atomic E-state index is -1.55. The lowest BCUT2D eigenvalue weighted by molar-refractivity contribution is -0.147. The fourth-order valence-electron chi connectivity index (χ4n) is 4.34. The van der Waals surface area contributed by atoms with Crippen LogP contribution in [-0.4, -0.2) is 63.2 Å². The van der Waals surface area contributed by atoms with Crippen LogP contribution in [0.1, 0.15) is 30.5 Å². The normalized spacial score (nSPS) is 17.9. The number of aryl methyl sites for hydroxylation is 1. The summed E-state index contributed by atoms with van der Waals surface area (Å²) in [5.74, 6) is -0.624. The van der Waals surface area contributed by atoms with Crippen LogP contribution in [0.3, 0.4) is 0 Å². The molecule has 9 heteroatoms. The Morgan fingerprint density at radius 1 is 1.14 bits per heavy atom. The monoisotopic (exact) mass is 524 g/mol. The average Bonchev–Trinajstić information content (AvgIpc) is 3.21. The summed E-state index contributed by atoms with van der Waals surface area (Å²) in [4.78, 5) is 40.8. The Morgan fingerprint density at radius 2 is 1.81 bits per heavy atom. The van der Waals surface area contributed by atoms with Crippen molar-refractivity contribution in [2.45, 2.75) is 56.7 Å². The summed E-state index contributed by atoms with van der Waals surface area (Å²) in [6, 6.07) is 14.9. The van der Waals surface area contributed by atoms with Crippen molar-refractivity contribution in [1.82, 2.24) is 20.9 Å². The van der Waals surface area contributed by atoms with Gasteiger partial charge in [-0.25, -0.2) is 4.79 Å². The third kappa shape index (κ3) is 7.36. The fraction of sp³-hybridized carbons (Fsp3) is 0.393. The molecule has 1 saturated heterocycles. The highest BCUT2D eigenvalue weighted by Gasteiger charge is 2.49. The first-order chi connectivity index (χ1) is 17.6. The van der Waals surface area contributed by atoms with Crippen molar-refractivity contribution in [3.63, 3.8) is 0 Å². The molecule has 1 aliphatic heterocycles. The van der Waals surface area contributed by atoms with Gasteiger partial charge in [0.25, 0.3) is 5.91 Å². The topological polar surface area (TPSA) is 111 Å². The molecule has 4 N–H and O–H groups in total. The minimum Gasteiger partial charge on any atom is -0.381 e. The van der Waals surface area contributed by atoms with Crippen LogP contribution < -0.4 is 16.0 Å². The summed E-state index contributed by atoms with van der Waals surface area (Å²) in [5, 5.41) is 19.5. The SMILES string of the molecule is C=CCNC(=O)NC(Cc1ccccc1)C(O)C(=O)N1CSC(C)(C)C1C(=O)NCc1ccccc1C. The van der Waals surface area contributed by atoms with E-state index in [4.69, 9.17) is 0 Å². The van der Waals surface area contributed by atoms with Crippen LogP contribution in [0.25, 0.3) is 0 Å². The number of hydrogen-bond donors (Lipinski definition) is 4. The molecule has 0 spiro atoms. The molecule has 0 saturated carbocycles. The van der Waals surface area contributed by atoms with Crippen LogP contribution in [0, 0.1) is 6.92 Å². The van der Waals surface area contributed by atoms with E-state index in [1.807, 2.05) is 75.4 Å². The number of thioether (sulfide) groups is 1. The van der Waals surface area contributed by atoms with E-state index in [-0.39, 0.29) is 24.7 Å². The zero-order valence-electron chi connectivity index (χ0n) is 21.6. The van der Waals surface area contributed by atoms with Gasteiger partial charge in [-0.3, -0.25) is 9.59 Å². The largest absolute Gasteiger partial charge is 0.381 e. The quantitative estimate of drug-likeness (QED) is 0.357. The molecule has 2 aromatic carbocycles. The number of nitrogens with zero attached hydrogens (tertiary/aromatic N) is 1. The van der Waals surface area contributed by atoms with Crippen LogP contribution >= 0.6 is 11.8 Å². The van der Waals surface area contributed by atoms with E-state index in [0.29, 0.717) is 6.54 Å². The molecule has 0 bridgehead atoms. The van der Waals surface area contributed by atoms with Gasteiger partial charge in [-0.05, 0) is 43.9 Å². The molecular formula is C28H36N4O4S. The summed E-state index contributed by atoms with van der Waals surface area (Å²) in [5.41, 5.74) is 2.91. The highest BCUT2D eigenvalue weighted by molar-refractivity contribution is 8.00. The molecule has 0 aliphatic carbocycles. The fourth-order valence-corrected chi connectivity index (χ4v) is 5.48. The molecule has 3 rings (SSSR count). The molecule has 198 valence electrons. The Balaban J connectivity index is 1.77. The van der Waals surface area contributed by atoms with Gasteiger partial charge in [0.15, 0.2) is 6.10 Å². The van der Waals surface area contributed by atoms with E-state index in [0.717, 1.165) is 16.7 Å². The van der Waals surface area contributed by atoms with E-state index in [2.05, 4.69) is 22.5 Å². The number of urea groups is 1. The maximum absolute atomic E-state index is 13.6. The van der Waals surface area contributed by atoms with Crippen LogP contribution in [0.2, 0.25) is 0 Å². The van der Waals surface area contributed by atoms with Gasteiger partial charge in [-0.15, -0.1) is 18.3 Å². The number of amides is 4. The first kappa shape index (κ1) is 28.3. The molecule has 1 aliphatic rings. The maximum atomic E-state index is 13.6. The number of carbonyl (C=O) groups is 3. The van der Waals surface area contributed by atoms with Gasteiger partial charge < -0.3 is 26.0 Å². The first-order valence-electron chi connectivity index (χ1n) is 12.3. The molecule has 37 heavy (non-hydrogen) atoms. The van der Waals surface area contributed by atoms with Crippen molar-refractivity contribution in [3.8, 4) is 0 Å². The molecular weight excluding hydrogens is 488 g/mol. The van der Waals surface area contributed by atoms with Gasteiger partial charge in [0.05, 0.1) is 11.9 Å². The number of hydrogen-bond acceptors (Lipinski definition) is 5. The van der Waals surface area contributed by atoms with Gasteiger partial charge in [-0.1, -0.05) is 60.7 Å². The Morgan fingerprint density at radius 3 is 2.49 bits per heavy atom. The predicted molar refractivity (Wildman–Crippen MR) is 147 cm³/mol. The number of nitrogens with one attached hydrogen (secondary N) is 3. The molecule has 3 atom stereocenters. The zero-order valence-corrected chi connectivity index (χ0v) is 22.4. The molecule has 0 aromatic heterocycles. The van der Waals surface area contributed by atoms with E-state index in [1.165, 1.54) is 22.7 Å². The summed E-state index contributed by atoms with van der Waals surface area (Å²) >= 11 is 1.48. The number of carbonyl (C=O) groups excluding carboxylic acids is 3. The number of rotatable bonds is 10. The smallest absolute Gasteiger partial charge is 0.315 e. The van der Waals surface area contributed by atoms with Crippen molar-refractivity contribution in [2.75, 3.05) is 12.4 Å². The van der Waals surface area contributed by atoms with Crippen molar-refractivity contribution in [3.05, 3.63) is 83.9 Å². The number of aliphatic hydroxyl groups is 1. The summed E-state index contributed by atoms with van der Waals surface area (Å²) in [7, 11) is 0. The van der Waals surface area contributed by atoms with Crippen LogP contribution in [-0.2, 0) is 22.6 Å². The molecule has 4 amide bonds. The maximum Gasteiger partial charge on any atom is 0.315 e. The third-order valence-electron chi connectivity index (χ3n) is 6.45. The third-order valence-corrected chi connectivity index (χ3v) is 7.82. The van der Waals surface area contributed by atoms with Gasteiger partial charge in [-0.2, -0.15) is 0 Å². The lowest BCUT2D eigenvalue weighted by atomic mass is 9.97. The average molecular weight is 525 g/mol. The van der Waals surface area contributed by atoms with Gasteiger partial charge >= 0.3 is 6.03 Å². The van der Waals surface area contributed by atoms with Gasteiger partial charge in [0, 0.05) is 17.8 Å². The molecule has 1 fully saturated rings. The van der Waals surface area contributed by atoms with Crippen LogP contribution in [0.5, 0.6) is 0 Å². The van der Waals surface area contributed by atoms with Gasteiger partial charge in [0.1, 0.15) is 6.04 Å². The summed E-state index contributed by atoms with van der Waals surface area (Å²) < 4.78 is -0.561. The highest BCUT2D eigenvalue weighted by atomic mass is 32.2. The van der Waals surface area contributed by atoms with Crippen LogP contribution in [0.15, 0.2) is 67.3 Å². The lowest BCUT2D eigenvalue weighted by Gasteiger charge is -2.33. The Kier molecular flexibility index (Phi) is 9.77. The van der Waals surface area contributed by atoms with E-state index in [9.17, 15) is 19.5 Å². The zero-order chi connectivity index (χ0) is 27.0. The second kappa shape index (κ2) is 12.8. The summed E-state index contributed by atoms with van der Waals surface area (Å²) in [6.07, 6.45) is 0.233. The lowest BCUT2D eigenvalue weighted by Crippen LogP contribution is -2.59. The number of benzene rings is 2. The van der Waals surface area contributed by atoms with E-state index >= 15 is 0 Å². The van der Waals surface area contributed by atoms with E-state index in [1.54, 1.807) is 0 Å². The van der Waals surface area contributed by atoms with Crippen molar-refractivity contribution >= 4 is 29.6 Å². The first-order valence-corrected chi connectivity index (χ1v) is 13.3. The standard InChI is InChI=1S/C28H36N4O4S/c1-5-15-29-27(36)31-22(16-20-12-7-6-8-13-20)23(33)26(35)32-18-37-28(3,4)24(32)25(34)30-17-21-14-10-9-11-19(21)2/h5-14,22-24,33H,1,15-18H2,2-4H3,(H,30,34)(H2,29,31,36). The summed E-state index contributed by atoms with van der Waals surface area (Å²) in [6.45, 7) is 9.98. The Hall–Kier alpha value is -3.30. The molecule has 8 nitrogen and oxygen atoms in total. The Labute approximate surface area is 222 Å². The minimum absolute atomic E-state index is 0.240. The van der Waals surface area contributed by atoms with Crippen LogP contribution in [0.4, 0.5) is 4.79 Å². The molecule has 0 radical (unpaired) electrons. The molecule has 3 unspecified atom stereocenters. The molecule has 2 aromatic rings. The second-order valence-electron chi connectivity index (χ2n) is 9.62. The highest BCUT2D eigenvalue weighted by Crippen LogP contribution is 2.40. The number of aliphatic hydroxyl groups excluding tert-OH is 1. The second-order valence-corrected chi connectivity index (χ2v) is 11.2. The Bertz CT molecular complexity index is 1110. The van der Waals surface area contributed by atoms with Crippen molar-refractivity contribution < 1.29 is 19.5 Å². The van der Waals surface area contributed by atoms with Crippen molar-refractivity contribution in [1.29, 1.82) is 0 Å². The van der Waals surface area contributed by atoms with Gasteiger partial charge in [0.2, 0.25) is 5.91 Å². The molecule has 1 heterocycles.